The van der Waals surface area contributed by atoms with Crippen LogP contribution in [-0.2, 0) is 4.79 Å². The van der Waals surface area contributed by atoms with Gasteiger partial charge < -0.3 is 5.11 Å². The van der Waals surface area contributed by atoms with E-state index in [4.69, 9.17) is 5.11 Å². The summed E-state index contributed by atoms with van der Waals surface area (Å²) in [6, 6.07) is 0.787. The van der Waals surface area contributed by atoms with Gasteiger partial charge in [-0.1, -0.05) is 6.42 Å². The Bertz CT molecular complexity index is 311. The van der Waals surface area contributed by atoms with Gasteiger partial charge in [0.05, 0.1) is 6.42 Å². The topological polar surface area (TPSA) is 40.5 Å². The number of likely N-dealkylation sites (tertiary alicyclic amines) is 1. The highest BCUT2D eigenvalue weighted by Crippen LogP contribution is 2.51. The normalized spacial score (nSPS) is 35.5. The van der Waals surface area contributed by atoms with Gasteiger partial charge in [0.2, 0.25) is 0 Å². The summed E-state index contributed by atoms with van der Waals surface area (Å²) in [5, 5.41) is 8.99. The predicted octanol–water partition coefficient (Wildman–Crippen LogP) is 2.51. The lowest BCUT2D eigenvalue weighted by atomic mass is 9.90. The molecule has 2 atom stereocenters. The molecule has 1 aliphatic heterocycles. The van der Waals surface area contributed by atoms with Gasteiger partial charge in [-0.2, -0.15) is 0 Å². The Morgan fingerprint density at radius 2 is 2.00 bits per heavy atom. The van der Waals surface area contributed by atoms with E-state index in [9.17, 15) is 4.79 Å². The predicted molar refractivity (Wildman–Crippen MR) is 65.9 cm³/mol. The molecule has 3 rings (SSSR count). The first-order chi connectivity index (χ1) is 8.19. The van der Waals surface area contributed by atoms with Gasteiger partial charge in [0.15, 0.2) is 0 Å². The van der Waals surface area contributed by atoms with E-state index in [0.29, 0.717) is 6.42 Å². The lowest BCUT2D eigenvalue weighted by Crippen LogP contribution is -2.45. The molecule has 3 fully saturated rings. The van der Waals surface area contributed by atoms with E-state index in [0.717, 1.165) is 31.3 Å². The second-order valence-electron chi connectivity index (χ2n) is 6.44. The van der Waals surface area contributed by atoms with Gasteiger partial charge in [0.25, 0.3) is 0 Å². The van der Waals surface area contributed by atoms with Crippen molar-refractivity contribution in [3.63, 3.8) is 0 Å². The van der Waals surface area contributed by atoms with Crippen molar-refractivity contribution in [3.8, 4) is 0 Å². The highest BCUT2D eigenvalue weighted by molar-refractivity contribution is 5.68. The van der Waals surface area contributed by atoms with Crippen LogP contribution in [0.5, 0.6) is 0 Å². The summed E-state index contributed by atoms with van der Waals surface area (Å²) in [4.78, 5) is 13.5. The molecular formula is C14H23NO2. The molecule has 0 bridgehead atoms. The van der Waals surface area contributed by atoms with Crippen molar-refractivity contribution < 1.29 is 9.90 Å². The number of hydrogen-bond acceptors (Lipinski definition) is 2. The van der Waals surface area contributed by atoms with Crippen molar-refractivity contribution >= 4 is 5.97 Å². The number of aliphatic carboxylic acids is 1. The zero-order chi connectivity index (χ0) is 11.9. The standard InChI is InChI=1S/C14H23NO2/c16-13(17)9-14(6-7-14)10-15-8-2-4-11-3-1-5-12(11)15/h11-12H,1-10H2,(H,16,17). The summed E-state index contributed by atoms with van der Waals surface area (Å²) in [6.45, 7) is 2.27. The number of carboxylic acids is 1. The first-order valence-electron chi connectivity index (χ1n) is 7.14. The molecule has 1 heterocycles. The quantitative estimate of drug-likeness (QED) is 0.816. The number of piperidine rings is 1. The zero-order valence-corrected chi connectivity index (χ0v) is 10.5. The molecule has 2 unspecified atom stereocenters. The van der Waals surface area contributed by atoms with Gasteiger partial charge >= 0.3 is 5.97 Å². The van der Waals surface area contributed by atoms with Crippen molar-refractivity contribution in [1.82, 2.24) is 4.90 Å². The minimum absolute atomic E-state index is 0.149. The van der Waals surface area contributed by atoms with Crippen molar-refractivity contribution in [2.45, 2.75) is 57.4 Å². The first-order valence-corrected chi connectivity index (χ1v) is 7.14. The van der Waals surface area contributed by atoms with Crippen molar-refractivity contribution in [2.75, 3.05) is 13.1 Å². The van der Waals surface area contributed by atoms with Gasteiger partial charge in [-0.3, -0.25) is 9.69 Å². The second-order valence-corrected chi connectivity index (χ2v) is 6.44. The molecular weight excluding hydrogens is 214 g/mol. The molecule has 1 saturated heterocycles. The summed E-state index contributed by atoms with van der Waals surface area (Å²) in [5.74, 6) is 0.312. The maximum atomic E-state index is 10.9. The monoisotopic (exact) mass is 237 g/mol. The van der Waals surface area contributed by atoms with Crippen LogP contribution in [0.15, 0.2) is 0 Å². The molecule has 0 spiro atoms. The third-order valence-electron chi connectivity index (χ3n) is 5.13. The third-order valence-corrected chi connectivity index (χ3v) is 5.13. The Morgan fingerprint density at radius 3 is 2.71 bits per heavy atom. The van der Waals surface area contributed by atoms with Gasteiger partial charge in [0.1, 0.15) is 0 Å². The molecule has 2 aliphatic carbocycles. The van der Waals surface area contributed by atoms with Crippen LogP contribution in [0.4, 0.5) is 0 Å². The molecule has 17 heavy (non-hydrogen) atoms. The Labute approximate surface area is 103 Å². The fourth-order valence-corrected chi connectivity index (χ4v) is 4.07. The fraction of sp³-hybridized carbons (Fsp3) is 0.929. The van der Waals surface area contributed by atoms with Gasteiger partial charge in [-0.15, -0.1) is 0 Å². The van der Waals surface area contributed by atoms with Gasteiger partial charge in [-0.05, 0) is 56.4 Å². The Hall–Kier alpha value is -0.570. The van der Waals surface area contributed by atoms with Crippen LogP contribution in [-0.4, -0.2) is 35.1 Å². The molecule has 0 aromatic carbocycles. The maximum absolute atomic E-state index is 10.9. The summed E-state index contributed by atoms with van der Waals surface area (Å²) in [6.07, 6.45) is 9.54. The largest absolute Gasteiger partial charge is 0.481 e. The lowest BCUT2D eigenvalue weighted by Gasteiger charge is -2.39. The smallest absolute Gasteiger partial charge is 0.303 e. The van der Waals surface area contributed by atoms with Crippen LogP contribution in [0.3, 0.4) is 0 Å². The molecule has 0 radical (unpaired) electrons. The van der Waals surface area contributed by atoms with Crippen molar-refractivity contribution in [1.29, 1.82) is 0 Å². The number of carbonyl (C=O) groups is 1. The molecule has 0 aromatic rings. The summed E-state index contributed by atoms with van der Waals surface area (Å²) in [7, 11) is 0. The average Bonchev–Trinajstić information content (AvgIpc) is 2.85. The summed E-state index contributed by atoms with van der Waals surface area (Å²) in [5.41, 5.74) is 0.149. The van der Waals surface area contributed by atoms with Crippen LogP contribution < -0.4 is 0 Å². The maximum Gasteiger partial charge on any atom is 0.303 e. The summed E-state index contributed by atoms with van der Waals surface area (Å²) >= 11 is 0. The van der Waals surface area contributed by atoms with Crippen molar-refractivity contribution in [2.24, 2.45) is 11.3 Å². The summed E-state index contributed by atoms with van der Waals surface area (Å²) < 4.78 is 0. The average molecular weight is 237 g/mol. The Kier molecular flexibility index (Phi) is 2.89. The van der Waals surface area contributed by atoms with E-state index in [1.165, 1.54) is 38.6 Å². The van der Waals surface area contributed by atoms with Crippen molar-refractivity contribution in [3.05, 3.63) is 0 Å². The highest BCUT2D eigenvalue weighted by Gasteiger charge is 2.47. The van der Waals surface area contributed by atoms with Crippen LogP contribution in [0, 0.1) is 11.3 Å². The van der Waals surface area contributed by atoms with E-state index >= 15 is 0 Å². The number of nitrogens with zero attached hydrogens (tertiary/aromatic N) is 1. The molecule has 1 N–H and O–H groups in total. The van der Waals surface area contributed by atoms with Crippen LogP contribution in [0.2, 0.25) is 0 Å². The molecule has 2 saturated carbocycles. The number of hydrogen-bond donors (Lipinski definition) is 1. The second kappa shape index (κ2) is 4.27. The minimum Gasteiger partial charge on any atom is -0.481 e. The molecule has 3 heteroatoms. The Balaban J connectivity index is 1.62. The highest BCUT2D eigenvalue weighted by atomic mass is 16.4. The number of carboxylic acid groups (broad SMARTS) is 1. The minimum atomic E-state index is -0.609. The SMILES string of the molecule is O=C(O)CC1(CN2CCCC3CCCC32)CC1. The zero-order valence-electron chi connectivity index (χ0n) is 10.5. The van der Waals surface area contributed by atoms with E-state index in [2.05, 4.69) is 4.90 Å². The molecule has 3 aliphatic rings. The van der Waals surface area contributed by atoms with E-state index in [-0.39, 0.29) is 5.41 Å². The third kappa shape index (κ3) is 2.35. The van der Waals surface area contributed by atoms with Crippen LogP contribution in [0.1, 0.15) is 51.4 Å². The Morgan fingerprint density at radius 1 is 1.24 bits per heavy atom. The van der Waals surface area contributed by atoms with Gasteiger partial charge in [0, 0.05) is 12.6 Å². The molecule has 96 valence electrons. The van der Waals surface area contributed by atoms with Gasteiger partial charge in [-0.25, -0.2) is 0 Å². The van der Waals surface area contributed by atoms with E-state index in [1.807, 2.05) is 0 Å². The van der Waals surface area contributed by atoms with Crippen LogP contribution >= 0.6 is 0 Å². The first kappa shape index (κ1) is 11.5. The number of fused-ring (bicyclic) bond motifs is 1. The molecule has 0 aromatic heterocycles. The van der Waals surface area contributed by atoms with E-state index in [1.54, 1.807) is 0 Å². The molecule has 3 nitrogen and oxygen atoms in total. The van der Waals surface area contributed by atoms with Crippen LogP contribution in [0.25, 0.3) is 0 Å². The number of rotatable bonds is 4. The lowest BCUT2D eigenvalue weighted by molar-refractivity contribution is -0.138. The molecule has 0 amide bonds. The fourth-order valence-electron chi connectivity index (χ4n) is 4.07. The van der Waals surface area contributed by atoms with E-state index < -0.39 is 5.97 Å².